The molecule has 4 heterocycles. The minimum Gasteiger partial charge on any atom is -0.382 e. The molecule has 2 amide bonds. The van der Waals surface area contributed by atoms with E-state index in [0.29, 0.717) is 6.54 Å². The van der Waals surface area contributed by atoms with Crippen LogP contribution in [0.5, 0.6) is 0 Å². The zero-order valence-corrected chi connectivity index (χ0v) is 17.9. The lowest BCUT2D eigenvalue weighted by Crippen LogP contribution is -2.69. The van der Waals surface area contributed by atoms with Crippen molar-refractivity contribution in [3.05, 3.63) is 53.4 Å². The lowest BCUT2D eigenvalue weighted by molar-refractivity contribution is -0.689. The van der Waals surface area contributed by atoms with Gasteiger partial charge in [-0.25, -0.2) is 9.55 Å². The van der Waals surface area contributed by atoms with Crippen LogP contribution in [-0.2, 0) is 21.0 Å². The standard InChI is InChI=1S/C20H18N6O3S2/c1-2-8-29-24-15(14-12-31-20(21)22-14)17(27)23-16-18(28)26-10-13(11-30-19(16)26)9-25-6-4-3-5-7-25/h1,3-7,10,12,16,19H,8-9,11H2,(H2-,21,22,23,27)/p+1/t16?,19-/m0/s1. The van der Waals surface area contributed by atoms with Crippen LogP contribution < -0.4 is 15.6 Å². The van der Waals surface area contributed by atoms with E-state index in [1.807, 2.05) is 36.8 Å². The summed E-state index contributed by atoms with van der Waals surface area (Å²) in [5, 5.41) is 8.25. The maximum Gasteiger partial charge on any atom is 0.276 e. The van der Waals surface area contributed by atoms with Crippen LogP contribution in [0, 0.1) is 12.3 Å². The fourth-order valence-electron chi connectivity index (χ4n) is 3.16. The second-order valence-electron chi connectivity index (χ2n) is 6.72. The summed E-state index contributed by atoms with van der Waals surface area (Å²) in [6.07, 6.45) is 11.0. The summed E-state index contributed by atoms with van der Waals surface area (Å²) < 4.78 is 2.05. The highest BCUT2D eigenvalue weighted by atomic mass is 32.2. The average Bonchev–Trinajstić information content (AvgIpc) is 3.21. The molecule has 1 saturated heterocycles. The van der Waals surface area contributed by atoms with E-state index < -0.39 is 11.9 Å². The zero-order chi connectivity index (χ0) is 21.8. The number of carbonyl (C=O) groups excluding carboxylic acids is 2. The quantitative estimate of drug-likeness (QED) is 0.156. The number of terminal acetylenes is 1. The van der Waals surface area contributed by atoms with E-state index in [9.17, 15) is 9.59 Å². The number of thioether (sulfide) groups is 1. The average molecular weight is 456 g/mol. The van der Waals surface area contributed by atoms with Gasteiger partial charge in [-0.3, -0.25) is 9.59 Å². The predicted octanol–water partition coefficient (Wildman–Crippen LogP) is 0.351. The highest BCUT2D eigenvalue weighted by Gasteiger charge is 2.50. The molecule has 11 heteroatoms. The summed E-state index contributed by atoms with van der Waals surface area (Å²) in [4.78, 5) is 36.2. The smallest absolute Gasteiger partial charge is 0.276 e. The minimum atomic E-state index is -0.659. The number of thiazole rings is 1. The molecule has 4 rings (SSSR count). The molecular weight excluding hydrogens is 436 g/mol. The van der Waals surface area contributed by atoms with Crippen LogP contribution in [0.15, 0.2) is 52.9 Å². The van der Waals surface area contributed by atoms with Crippen molar-refractivity contribution >= 4 is 45.8 Å². The van der Waals surface area contributed by atoms with E-state index in [1.54, 1.807) is 22.0 Å². The van der Waals surface area contributed by atoms with E-state index in [4.69, 9.17) is 17.0 Å². The number of hydrogen-bond donors (Lipinski definition) is 2. The Morgan fingerprint density at radius 3 is 2.97 bits per heavy atom. The van der Waals surface area contributed by atoms with Gasteiger partial charge in [0.15, 0.2) is 36.4 Å². The normalized spacial score (nSPS) is 20.2. The van der Waals surface area contributed by atoms with Crippen LogP contribution in [0.4, 0.5) is 5.13 Å². The molecule has 0 radical (unpaired) electrons. The molecule has 31 heavy (non-hydrogen) atoms. The van der Waals surface area contributed by atoms with Crippen molar-refractivity contribution in [3.8, 4) is 12.3 Å². The number of β-lactam (4-membered cyclic amide) rings is 1. The van der Waals surface area contributed by atoms with Gasteiger partial charge in [-0.15, -0.1) is 29.5 Å². The Hall–Kier alpha value is -3.36. The maximum atomic E-state index is 12.8. The molecule has 2 aromatic heterocycles. The summed E-state index contributed by atoms with van der Waals surface area (Å²) in [7, 11) is 0. The fraction of sp³-hybridized carbons (Fsp3) is 0.250. The van der Waals surface area contributed by atoms with Crippen LogP contribution >= 0.6 is 23.1 Å². The van der Waals surface area contributed by atoms with Gasteiger partial charge in [0, 0.05) is 35.0 Å². The number of nitrogens with two attached hydrogens (primary N) is 1. The first-order chi connectivity index (χ1) is 15.1. The first kappa shape index (κ1) is 20.9. The molecule has 2 atom stereocenters. The number of nitrogen functional groups attached to an aromatic ring is 1. The molecule has 0 bridgehead atoms. The van der Waals surface area contributed by atoms with Gasteiger partial charge in [-0.2, -0.15) is 0 Å². The van der Waals surface area contributed by atoms with Crippen molar-refractivity contribution in [3.63, 3.8) is 0 Å². The number of nitrogens with one attached hydrogen (secondary N) is 1. The van der Waals surface area contributed by atoms with Crippen molar-refractivity contribution in [2.45, 2.75) is 18.0 Å². The van der Waals surface area contributed by atoms with E-state index in [1.165, 1.54) is 11.3 Å². The van der Waals surface area contributed by atoms with Gasteiger partial charge >= 0.3 is 0 Å². The summed E-state index contributed by atoms with van der Waals surface area (Å²) >= 11 is 2.77. The van der Waals surface area contributed by atoms with E-state index >= 15 is 0 Å². The summed E-state index contributed by atoms with van der Waals surface area (Å²) in [5.41, 5.74) is 6.97. The number of rotatable bonds is 7. The van der Waals surface area contributed by atoms with Crippen molar-refractivity contribution in [1.82, 2.24) is 15.2 Å². The SMILES string of the molecule is C#CCON=C(C(=O)NC1C(=O)N2C=C(C[n+]3ccccc3)CS[C@@H]12)c1csc(N)n1. The first-order valence-electron chi connectivity index (χ1n) is 9.30. The minimum absolute atomic E-state index is 0.0769. The molecule has 0 saturated carbocycles. The van der Waals surface area contributed by atoms with Crippen molar-refractivity contribution in [1.29, 1.82) is 0 Å². The molecule has 1 fully saturated rings. The number of nitrogens with zero attached hydrogens (tertiary/aromatic N) is 4. The lowest BCUT2D eigenvalue weighted by Gasteiger charge is -2.47. The predicted molar refractivity (Wildman–Crippen MR) is 118 cm³/mol. The molecule has 2 aliphatic rings. The number of anilines is 1. The monoisotopic (exact) mass is 455 g/mol. The van der Waals surface area contributed by atoms with Gasteiger partial charge in [0.25, 0.3) is 11.8 Å². The third-order valence-corrected chi connectivity index (χ3v) is 6.63. The van der Waals surface area contributed by atoms with Gasteiger partial charge in [0.2, 0.25) is 0 Å². The van der Waals surface area contributed by atoms with Crippen molar-refractivity contribution in [2.24, 2.45) is 5.16 Å². The number of pyridine rings is 1. The Bertz CT molecular complexity index is 1090. The third kappa shape index (κ3) is 4.55. The van der Waals surface area contributed by atoms with Gasteiger partial charge < -0.3 is 20.8 Å². The van der Waals surface area contributed by atoms with Gasteiger partial charge in [-0.1, -0.05) is 17.1 Å². The van der Waals surface area contributed by atoms with Crippen LogP contribution in [-0.4, -0.2) is 51.2 Å². The van der Waals surface area contributed by atoms with Crippen LogP contribution in [0.25, 0.3) is 0 Å². The second kappa shape index (κ2) is 9.20. The molecule has 1 unspecified atom stereocenters. The zero-order valence-electron chi connectivity index (χ0n) is 16.3. The van der Waals surface area contributed by atoms with Crippen LogP contribution in [0.2, 0.25) is 0 Å². The Morgan fingerprint density at radius 1 is 1.45 bits per heavy atom. The Kier molecular flexibility index (Phi) is 6.20. The molecule has 0 aromatic carbocycles. The van der Waals surface area contributed by atoms with Crippen molar-refractivity contribution < 1.29 is 19.0 Å². The Morgan fingerprint density at radius 2 is 2.26 bits per heavy atom. The molecule has 2 aliphatic heterocycles. The summed E-state index contributed by atoms with van der Waals surface area (Å²) in [6.45, 7) is 0.605. The topological polar surface area (TPSA) is 114 Å². The molecule has 158 valence electrons. The highest BCUT2D eigenvalue weighted by Crippen LogP contribution is 2.36. The molecule has 0 spiro atoms. The molecule has 2 aromatic rings. The number of carbonyl (C=O) groups is 2. The number of hydrogen-bond acceptors (Lipinski definition) is 8. The largest absolute Gasteiger partial charge is 0.382 e. The van der Waals surface area contributed by atoms with Crippen LogP contribution in [0.3, 0.4) is 0 Å². The molecule has 9 nitrogen and oxygen atoms in total. The van der Waals surface area contributed by atoms with Crippen molar-refractivity contribution in [2.75, 3.05) is 18.1 Å². The number of fused-ring (bicyclic) bond motifs is 1. The van der Waals surface area contributed by atoms with E-state index in [-0.39, 0.29) is 34.4 Å². The van der Waals surface area contributed by atoms with Gasteiger partial charge in [0.05, 0.1) is 0 Å². The number of oxime groups is 1. The van der Waals surface area contributed by atoms with E-state index in [2.05, 4.69) is 25.9 Å². The number of amides is 2. The maximum absolute atomic E-state index is 12.8. The third-order valence-electron chi connectivity index (χ3n) is 4.57. The Labute approximate surface area is 187 Å². The van der Waals surface area contributed by atoms with Gasteiger partial charge in [-0.05, 0) is 0 Å². The molecule has 3 N–H and O–H groups in total. The van der Waals surface area contributed by atoms with Gasteiger partial charge in [0.1, 0.15) is 17.1 Å². The first-order valence-corrected chi connectivity index (χ1v) is 11.2. The van der Waals surface area contributed by atoms with E-state index in [0.717, 1.165) is 11.3 Å². The lowest BCUT2D eigenvalue weighted by atomic mass is 10.1. The molecule has 0 aliphatic carbocycles. The summed E-state index contributed by atoms with van der Waals surface area (Å²) in [5.74, 6) is 2.28. The molecular formula is C20H19N6O3S2+. The summed E-state index contributed by atoms with van der Waals surface area (Å²) in [6, 6.07) is 5.22. The highest BCUT2D eigenvalue weighted by molar-refractivity contribution is 8.00. The number of aromatic nitrogens is 2. The fourth-order valence-corrected chi connectivity index (χ4v) is 4.97. The second-order valence-corrected chi connectivity index (χ2v) is 8.72. The Balaban J connectivity index is 1.43. The van der Waals surface area contributed by atoms with Crippen LogP contribution in [0.1, 0.15) is 5.69 Å².